The zero-order valence-electron chi connectivity index (χ0n) is 13.6. The van der Waals surface area contributed by atoms with Crippen LogP contribution in [0.25, 0.3) is 22.2 Å². The summed E-state index contributed by atoms with van der Waals surface area (Å²) >= 11 is 4.67. The number of nitrogens with zero attached hydrogens (tertiary/aromatic N) is 2. The summed E-state index contributed by atoms with van der Waals surface area (Å²) in [6.45, 7) is 0. The predicted octanol–water partition coefficient (Wildman–Crippen LogP) is 5.63. The summed E-state index contributed by atoms with van der Waals surface area (Å²) in [7, 11) is 0. The van der Waals surface area contributed by atoms with Crippen molar-refractivity contribution in [3.63, 3.8) is 0 Å². The van der Waals surface area contributed by atoms with E-state index in [1.54, 1.807) is 0 Å². The molecule has 128 valence electrons. The molecule has 0 unspecified atom stereocenters. The summed E-state index contributed by atoms with van der Waals surface area (Å²) in [5.41, 5.74) is 1.54. The highest BCUT2D eigenvalue weighted by Crippen LogP contribution is 2.26. The first-order chi connectivity index (χ1) is 12.7. The molecule has 0 aliphatic rings. The van der Waals surface area contributed by atoms with Crippen molar-refractivity contribution < 1.29 is 9.21 Å². The molecule has 0 bridgehead atoms. The number of aromatic nitrogens is 2. The van der Waals surface area contributed by atoms with E-state index in [2.05, 4.69) is 26.1 Å². The Kier molecular flexibility index (Phi) is 4.86. The summed E-state index contributed by atoms with van der Waals surface area (Å²) < 4.78 is 6.60. The van der Waals surface area contributed by atoms with E-state index in [1.807, 2.05) is 66.7 Å². The smallest absolute Gasteiger partial charge is 0.277 e. The zero-order valence-corrected chi connectivity index (χ0v) is 16.0. The van der Waals surface area contributed by atoms with E-state index in [4.69, 9.17) is 4.42 Å². The summed E-state index contributed by atoms with van der Waals surface area (Å²) in [6, 6.07) is 21.3. The molecule has 4 rings (SSSR count). The molecule has 3 aromatic carbocycles. The maximum Gasteiger partial charge on any atom is 0.277 e. The molecule has 0 saturated carbocycles. The second kappa shape index (κ2) is 7.43. The molecular formula is C20H13BrN2O2S. The van der Waals surface area contributed by atoms with Crippen LogP contribution in [0.4, 0.5) is 0 Å². The van der Waals surface area contributed by atoms with E-state index in [0.717, 1.165) is 20.8 Å². The number of carbonyl (C=O) groups is 1. The van der Waals surface area contributed by atoms with E-state index >= 15 is 0 Å². The lowest BCUT2D eigenvalue weighted by atomic mass is 10.0. The average molecular weight is 425 g/mol. The average Bonchev–Trinajstić information content (AvgIpc) is 3.15. The van der Waals surface area contributed by atoms with Crippen LogP contribution in [0.1, 0.15) is 10.4 Å². The minimum atomic E-state index is 0.0361. The molecule has 26 heavy (non-hydrogen) atoms. The largest absolute Gasteiger partial charge is 0.411 e. The zero-order chi connectivity index (χ0) is 17.9. The first-order valence-electron chi connectivity index (χ1n) is 7.94. The van der Waals surface area contributed by atoms with Gasteiger partial charge in [0.15, 0.2) is 5.78 Å². The quantitative estimate of drug-likeness (QED) is 0.307. The van der Waals surface area contributed by atoms with Gasteiger partial charge in [0.25, 0.3) is 5.22 Å². The summed E-state index contributed by atoms with van der Waals surface area (Å²) in [6.07, 6.45) is 0. The Bertz CT molecular complexity index is 1090. The van der Waals surface area contributed by atoms with Gasteiger partial charge < -0.3 is 4.42 Å². The second-order valence-corrected chi connectivity index (χ2v) is 7.46. The molecule has 4 nitrogen and oxygen atoms in total. The standard InChI is InChI=1S/C20H13BrN2O2S/c21-15-8-3-7-14(11-15)19-22-23-20(25-19)26-12-18(24)17-10-4-6-13-5-1-2-9-16(13)17/h1-11H,12H2. The number of benzene rings is 3. The third kappa shape index (κ3) is 3.57. The van der Waals surface area contributed by atoms with Gasteiger partial charge in [0.1, 0.15) is 0 Å². The van der Waals surface area contributed by atoms with Gasteiger partial charge in [0, 0.05) is 15.6 Å². The van der Waals surface area contributed by atoms with Crippen LogP contribution in [0.3, 0.4) is 0 Å². The molecule has 1 heterocycles. The Morgan fingerprint density at radius 2 is 1.81 bits per heavy atom. The third-order valence-electron chi connectivity index (χ3n) is 3.89. The summed E-state index contributed by atoms with van der Waals surface area (Å²) in [5, 5.41) is 10.5. The van der Waals surface area contributed by atoms with Crippen molar-refractivity contribution in [1.82, 2.24) is 10.2 Å². The fourth-order valence-corrected chi connectivity index (χ4v) is 3.73. The maximum atomic E-state index is 12.6. The number of fused-ring (bicyclic) bond motifs is 1. The fraction of sp³-hybridized carbons (Fsp3) is 0.0500. The van der Waals surface area contributed by atoms with Crippen LogP contribution in [-0.2, 0) is 0 Å². The number of ketones is 1. The summed E-state index contributed by atoms with van der Waals surface area (Å²) in [5.74, 6) is 0.717. The van der Waals surface area contributed by atoms with Crippen LogP contribution < -0.4 is 0 Å². The van der Waals surface area contributed by atoms with Crippen molar-refractivity contribution in [3.05, 3.63) is 76.8 Å². The minimum Gasteiger partial charge on any atom is -0.411 e. The van der Waals surface area contributed by atoms with E-state index in [9.17, 15) is 4.79 Å². The van der Waals surface area contributed by atoms with Crippen LogP contribution in [-0.4, -0.2) is 21.7 Å². The van der Waals surface area contributed by atoms with Crippen molar-refractivity contribution in [2.75, 3.05) is 5.75 Å². The monoisotopic (exact) mass is 424 g/mol. The lowest BCUT2D eigenvalue weighted by Crippen LogP contribution is -2.03. The van der Waals surface area contributed by atoms with Crippen molar-refractivity contribution in [1.29, 1.82) is 0 Å². The first-order valence-corrected chi connectivity index (χ1v) is 9.72. The highest BCUT2D eigenvalue weighted by Gasteiger charge is 2.14. The third-order valence-corrected chi connectivity index (χ3v) is 5.21. The molecule has 0 aliphatic carbocycles. The lowest BCUT2D eigenvalue weighted by molar-refractivity contribution is 0.102. The number of carbonyl (C=O) groups excluding carboxylic acids is 1. The van der Waals surface area contributed by atoms with E-state index in [1.165, 1.54) is 11.8 Å². The van der Waals surface area contributed by atoms with Crippen molar-refractivity contribution in [2.24, 2.45) is 0 Å². The molecule has 0 aliphatic heterocycles. The molecule has 6 heteroatoms. The number of Topliss-reactive ketones (excluding diaryl/α,β-unsaturated/α-hetero) is 1. The van der Waals surface area contributed by atoms with Gasteiger partial charge in [-0.15, -0.1) is 10.2 Å². The second-order valence-electron chi connectivity index (χ2n) is 5.62. The number of thioether (sulfide) groups is 1. The van der Waals surface area contributed by atoms with E-state index < -0.39 is 0 Å². The molecule has 0 saturated heterocycles. The highest BCUT2D eigenvalue weighted by molar-refractivity contribution is 9.10. The fourth-order valence-electron chi connectivity index (χ4n) is 2.68. The van der Waals surface area contributed by atoms with Crippen molar-refractivity contribution in [3.8, 4) is 11.5 Å². The van der Waals surface area contributed by atoms with E-state index in [0.29, 0.717) is 16.7 Å². The van der Waals surface area contributed by atoms with Gasteiger partial charge in [-0.25, -0.2) is 0 Å². The molecule has 1 aromatic heterocycles. The number of hydrogen-bond donors (Lipinski definition) is 0. The summed E-state index contributed by atoms with van der Waals surface area (Å²) in [4.78, 5) is 12.6. The normalized spacial score (nSPS) is 11.0. The Morgan fingerprint density at radius 1 is 1.00 bits per heavy atom. The van der Waals surface area contributed by atoms with E-state index in [-0.39, 0.29) is 11.5 Å². The molecule has 0 N–H and O–H groups in total. The topological polar surface area (TPSA) is 56.0 Å². The number of rotatable bonds is 5. The molecule has 0 radical (unpaired) electrons. The van der Waals surface area contributed by atoms with Gasteiger partial charge >= 0.3 is 0 Å². The number of hydrogen-bond acceptors (Lipinski definition) is 5. The Labute approximate surface area is 162 Å². The van der Waals surface area contributed by atoms with Crippen molar-refractivity contribution in [2.45, 2.75) is 5.22 Å². The van der Waals surface area contributed by atoms with Gasteiger partial charge in [-0.2, -0.15) is 0 Å². The van der Waals surface area contributed by atoms with Crippen LogP contribution in [0, 0.1) is 0 Å². The molecule has 0 fully saturated rings. The molecule has 0 amide bonds. The van der Waals surface area contributed by atoms with Gasteiger partial charge in [-0.3, -0.25) is 4.79 Å². The van der Waals surface area contributed by atoms with Gasteiger partial charge in [-0.05, 0) is 29.0 Å². The molecule has 4 aromatic rings. The van der Waals surface area contributed by atoms with Gasteiger partial charge in [0.2, 0.25) is 5.89 Å². The van der Waals surface area contributed by atoms with Crippen LogP contribution in [0.5, 0.6) is 0 Å². The van der Waals surface area contributed by atoms with Gasteiger partial charge in [-0.1, -0.05) is 76.2 Å². The molecule has 0 spiro atoms. The lowest BCUT2D eigenvalue weighted by Gasteiger charge is -2.04. The Hall–Kier alpha value is -2.44. The Balaban J connectivity index is 1.50. The molecule has 0 atom stereocenters. The van der Waals surface area contributed by atoms with Gasteiger partial charge in [0.05, 0.1) is 5.75 Å². The number of halogens is 1. The Morgan fingerprint density at radius 3 is 2.69 bits per heavy atom. The SMILES string of the molecule is O=C(CSc1nnc(-c2cccc(Br)c2)o1)c1cccc2ccccc12. The molecular weight excluding hydrogens is 412 g/mol. The van der Waals surface area contributed by atoms with Crippen LogP contribution >= 0.6 is 27.7 Å². The van der Waals surface area contributed by atoms with Crippen molar-refractivity contribution >= 4 is 44.2 Å². The minimum absolute atomic E-state index is 0.0361. The van der Waals surface area contributed by atoms with Crippen LogP contribution in [0.2, 0.25) is 0 Å². The van der Waals surface area contributed by atoms with Crippen LogP contribution in [0.15, 0.2) is 80.8 Å². The highest BCUT2D eigenvalue weighted by atomic mass is 79.9. The predicted molar refractivity (Wildman–Crippen MR) is 106 cm³/mol. The maximum absolute atomic E-state index is 12.6. The first kappa shape index (κ1) is 17.0.